The summed E-state index contributed by atoms with van der Waals surface area (Å²) in [6.07, 6.45) is 4.17. The summed E-state index contributed by atoms with van der Waals surface area (Å²) in [7, 11) is 0. The van der Waals surface area contributed by atoms with Gasteiger partial charge in [0.05, 0.1) is 17.9 Å². The number of thioether (sulfide) groups is 1. The van der Waals surface area contributed by atoms with Crippen molar-refractivity contribution < 1.29 is 24.2 Å². The van der Waals surface area contributed by atoms with Crippen LogP contribution in [-0.4, -0.2) is 85.4 Å². The normalized spacial score (nSPS) is 37.4. The van der Waals surface area contributed by atoms with Crippen LogP contribution < -0.4 is 11.1 Å². The molecule has 9 atom stereocenters. The standard InChI is InChI=1S/C31H52N2O5S.ClH.Pb.2H/c1-10-29(8)15-22(38-23(35)16-39-28(6,7)17-33-27(37)24(32)18(2)3)30(9)19(4)11-13-31(20(5)26(29)36)14-12-21(34)25(30)31;;;;/h10,18-20,22,24-26,36H,1,11-17,32H2,2-9H3,(H,33,37);1H;;;/t19-,20+,22-,24-,25+,26+,29-,30+,31+;;;;/m1..../s1. The van der Waals surface area contributed by atoms with Gasteiger partial charge in [0, 0.05) is 34.5 Å². The van der Waals surface area contributed by atoms with E-state index in [9.17, 15) is 19.5 Å². The van der Waals surface area contributed by atoms with E-state index in [1.54, 1.807) is 0 Å². The van der Waals surface area contributed by atoms with Gasteiger partial charge in [-0.25, -0.2) is 0 Å². The number of ketones is 1. The number of carbonyl (C=O) groups is 3. The van der Waals surface area contributed by atoms with Crippen molar-refractivity contribution >= 4 is 69.1 Å². The van der Waals surface area contributed by atoms with Crippen molar-refractivity contribution in [3.05, 3.63) is 12.7 Å². The predicted molar refractivity (Wildman–Crippen MR) is 173 cm³/mol. The van der Waals surface area contributed by atoms with Gasteiger partial charge < -0.3 is 20.9 Å². The maximum atomic E-state index is 13.5. The van der Waals surface area contributed by atoms with Crippen molar-refractivity contribution in [2.24, 2.45) is 45.7 Å². The summed E-state index contributed by atoms with van der Waals surface area (Å²) in [5, 5.41) is 14.6. The van der Waals surface area contributed by atoms with E-state index in [2.05, 4.69) is 32.7 Å². The molecule has 10 heteroatoms. The van der Waals surface area contributed by atoms with Crippen molar-refractivity contribution in [1.29, 1.82) is 0 Å². The molecule has 3 aliphatic carbocycles. The fraction of sp³-hybridized carbons (Fsp3) is 0.839. The predicted octanol–water partition coefficient (Wildman–Crippen LogP) is 4.01. The van der Waals surface area contributed by atoms with E-state index in [4.69, 9.17) is 10.5 Å². The van der Waals surface area contributed by atoms with E-state index >= 15 is 0 Å². The number of amides is 1. The first-order valence-corrected chi connectivity index (χ1v) is 15.6. The molecule has 236 valence electrons. The summed E-state index contributed by atoms with van der Waals surface area (Å²) >= 11 is 1.43. The number of carbonyl (C=O) groups excluding carboxylic acids is 3. The monoisotopic (exact) mass is 810 g/mol. The van der Waals surface area contributed by atoms with Crippen LogP contribution in [0.1, 0.15) is 87.5 Å². The van der Waals surface area contributed by atoms with Crippen LogP contribution in [0.2, 0.25) is 0 Å². The minimum absolute atomic E-state index is 0. The van der Waals surface area contributed by atoms with Gasteiger partial charge in [-0.1, -0.05) is 47.6 Å². The molecular formula is C31H55ClN2O5PbS. The molecule has 3 saturated carbocycles. The van der Waals surface area contributed by atoms with Gasteiger partial charge in [0.25, 0.3) is 0 Å². The number of aliphatic hydroxyl groups is 1. The number of aliphatic hydroxyl groups excluding tert-OH is 1. The molecular weight excluding hydrogens is 755 g/mol. The summed E-state index contributed by atoms with van der Waals surface area (Å²) < 4.78 is 5.92. The van der Waals surface area contributed by atoms with Crippen LogP contribution in [0.25, 0.3) is 0 Å². The minimum atomic E-state index is -0.684. The number of hydrogen-bond donors (Lipinski definition) is 3. The molecule has 0 aromatic carbocycles. The van der Waals surface area contributed by atoms with E-state index in [1.165, 1.54) is 11.8 Å². The molecule has 0 saturated heterocycles. The van der Waals surface area contributed by atoms with Gasteiger partial charge in [0.2, 0.25) is 5.91 Å². The Morgan fingerprint density at radius 1 is 1.27 bits per heavy atom. The van der Waals surface area contributed by atoms with Gasteiger partial charge in [-0.05, 0) is 62.7 Å². The molecule has 2 radical (unpaired) electrons. The summed E-state index contributed by atoms with van der Waals surface area (Å²) in [6.45, 7) is 20.7. The van der Waals surface area contributed by atoms with Crippen molar-refractivity contribution in [2.45, 2.75) is 110 Å². The first-order chi connectivity index (χ1) is 17.9. The molecule has 1 amide bonds. The van der Waals surface area contributed by atoms with Crippen LogP contribution in [0.3, 0.4) is 0 Å². The fourth-order valence-corrected chi connectivity index (χ4v) is 8.47. The average Bonchev–Trinajstić information content (AvgIpc) is 3.24. The van der Waals surface area contributed by atoms with E-state index < -0.39 is 33.8 Å². The molecule has 2 bridgehead atoms. The van der Waals surface area contributed by atoms with E-state index in [-0.39, 0.29) is 92.2 Å². The molecule has 3 rings (SSSR count). The molecule has 3 aliphatic rings. The second-order valence-corrected chi connectivity index (χ2v) is 15.8. The van der Waals surface area contributed by atoms with E-state index in [1.807, 2.05) is 40.7 Å². The average molecular weight is 811 g/mol. The van der Waals surface area contributed by atoms with Crippen LogP contribution in [0.15, 0.2) is 12.7 Å². The first-order valence-electron chi connectivity index (χ1n) is 14.7. The molecule has 0 unspecified atom stereocenters. The van der Waals surface area contributed by atoms with Crippen molar-refractivity contribution in [3.8, 4) is 0 Å². The molecule has 41 heavy (non-hydrogen) atoms. The molecule has 7 nitrogen and oxygen atoms in total. The van der Waals surface area contributed by atoms with Crippen molar-refractivity contribution in [3.63, 3.8) is 0 Å². The summed E-state index contributed by atoms with van der Waals surface area (Å²) in [5.41, 5.74) is 4.49. The third-order valence-electron chi connectivity index (χ3n) is 10.9. The SMILES string of the molecule is C=C[C@]1(C)C[C@@H](OC(=O)CSC(C)(C)CNC(=O)[C@H](N)C(C)C)[C@]2(C)[C@H](C)CC[C@]3(CCC(=O)[C@H]32)[C@@H](C)[C@@H]1O.Cl.[PbH2]. The number of nitrogens with two attached hydrogens (primary N) is 1. The van der Waals surface area contributed by atoms with Crippen LogP contribution in [0.5, 0.6) is 0 Å². The number of ether oxygens (including phenoxy) is 1. The van der Waals surface area contributed by atoms with Gasteiger partial charge >= 0.3 is 33.3 Å². The Balaban J connectivity index is 0.00000420. The quantitative estimate of drug-likeness (QED) is 0.183. The summed E-state index contributed by atoms with van der Waals surface area (Å²) in [5.74, 6) is -0.243. The zero-order valence-corrected chi connectivity index (χ0v) is 33.6. The van der Waals surface area contributed by atoms with Gasteiger partial charge in [0.15, 0.2) is 0 Å². The van der Waals surface area contributed by atoms with E-state index in [0.717, 1.165) is 19.3 Å². The molecule has 3 fully saturated rings. The van der Waals surface area contributed by atoms with Crippen LogP contribution in [0.4, 0.5) is 0 Å². The van der Waals surface area contributed by atoms with E-state index in [0.29, 0.717) is 19.4 Å². The number of Topliss-reactive ketones (excluding diaryl/α,β-unsaturated/α-hetero) is 1. The molecule has 0 aromatic heterocycles. The maximum absolute atomic E-state index is 13.5. The molecule has 0 spiro atoms. The Morgan fingerprint density at radius 3 is 2.44 bits per heavy atom. The van der Waals surface area contributed by atoms with Crippen LogP contribution in [-0.2, 0) is 19.1 Å². The summed E-state index contributed by atoms with van der Waals surface area (Å²) in [4.78, 5) is 39.2. The Bertz CT molecular complexity index is 982. The van der Waals surface area contributed by atoms with Crippen LogP contribution in [0, 0.1) is 39.9 Å². The molecule has 0 aromatic rings. The van der Waals surface area contributed by atoms with Gasteiger partial charge in [-0.3, -0.25) is 14.4 Å². The second kappa shape index (κ2) is 14.3. The zero-order chi connectivity index (χ0) is 29.6. The van der Waals surface area contributed by atoms with Gasteiger partial charge in [-0.2, -0.15) is 0 Å². The molecule has 0 aliphatic heterocycles. The van der Waals surface area contributed by atoms with Crippen molar-refractivity contribution in [1.82, 2.24) is 5.32 Å². The number of esters is 1. The second-order valence-electron chi connectivity index (χ2n) is 14.1. The topological polar surface area (TPSA) is 119 Å². The Kier molecular flexibility index (Phi) is 13.5. The number of halogens is 1. The molecule has 4 N–H and O–H groups in total. The van der Waals surface area contributed by atoms with Crippen molar-refractivity contribution in [2.75, 3.05) is 12.3 Å². The first kappa shape index (κ1) is 38.9. The number of nitrogens with one attached hydrogen (secondary N) is 1. The fourth-order valence-electron chi connectivity index (χ4n) is 7.72. The Morgan fingerprint density at radius 2 is 1.88 bits per heavy atom. The number of hydrogen-bond acceptors (Lipinski definition) is 7. The number of rotatable bonds is 9. The van der Waals surface area contributed by atoms with Gasteiger partial charge in [-0.15, -0.1) is 30.7 Å². The molecule has 0 heterocycles. The van der Waals surface area contributed by atoms with Crippen LogP contribution >= 0.6 is 24.2 Å². The summed E-state index contributed by atoms with van der Waals surface area (Å²) in [6, 6.07) is -0.573. The zero-order valence-electron chi connectivity index (χ0n) is 26.5. The third kappa shape index (κ3) is 7.39. The Labute approximate surface area is 278 Å². The third-order valence-corrected chi connectivity index (χ3v) is 12.2. The Hall–Kier alpha value is -0.168. The van der Waals surface area contributed by atoms with Gasteiger partial charge in [0.1, 0.15) is 11.9 Å².